The van der Waals surface area contributed by atoms with Crippen molar-refractivity contribution in [2.75, 3.05) is 11.9 Å². The summed E-state index contributed by atoms with van der Waals surface area (Å²) in [6.07, 6.45) is 0.324. The van der Waals surface area contributed by atoms with E-state index in [0.717, 1.165) is 34.7 Å². The third kappa shape index (κ3) is 4.95. The third-order valence-corrected chi connectivity index (χ3v) is 5.48. The SMILES string of the molecule is Cc1cc(C(=O)Cc2cccc(CN(C)c3ccccc3)c2)n(-c2cccc(CN)c2)n1. The van der Waals surface area contributed by atoms with Gasteiger partial charge in [-0.2, -0.15) is 5.10 Å². The number of ketones is 1. The van der Waals surface area contributed by atoms with E-state index >= 15 is 0 Å². The molecule has 0 fully saturated rings. The van der Waals surface area contributed by atoms with Gasteiger partial charge in [0.25, 0.3) is 0 Å². The number of hydrogen-bond acceptors (Lipinski definition) is 4. The van der Waals surface area contributed by atoms with Gasteiger partial charge in [0.2, 0.25) is 0 Å². The number of aromatic nitrogens is 2. The first-order valence-corrected chi connectivity index (χ1v) is 10.8. The molecule has 0 atom stereocenters. The zero-order chi connectivity index (χ0) is 22.5. The molecule has 0 saturated carbocycles. The Morgan fingerprint density at radius 1 is 0.906 bits per heavy atom. The number of benzene rings is 3. The summed E-state index contributed by atoms with van der Waals surface area (Å²) >= 11 is 0. The van der Waals surface area contributed by atoms with Crippen LogP contribution in [0.15, 0.2) is 84.9 Å². The van der Waals surface area contributed by atoms with Gasteiger partial charge in [0.05, 0.1) is 11.4 Å². The Hall–Kier alpha value is -3.70. The monoisotopic (exact) mass is 424 g/mol. The Morgan fingerprint density at radius 3 is 2.41 bits per heavy atom. The molecular weight excluding hydrogens is 396 g/mol. The zero-order valence-corrected chi connectivity index (χ0v) is 18.5. The highest BCUT2D eigenvalue weighted by Crippen LogP contribution is 2.19. The van der Waals surface area contributed by atoms with E-state index in [-0.39, 0.29) is 5.78 Å². The average Bonchev–Trinajstić information content (AvgIpc) is 3.22. The van der Waals surface area contributed by atoms with E-state index in [1.54, 1.807) is 4.68 Å². The molecule has 0 unspecified atom stereocenters. The Labute approximate surface area is 189 Å². The number of para-hydroxylation sites is 1. The minimum atomic E-state index is 0.0392. The molecule has 4 aromatic rings. The molecular formula is C27H28N4O. The van der Waals surface area contributed by atoms with E-state index in [1.807, 2.05) is 67.6 Å². The van der Waals surface area contributed by atoms with E-state index in [9.17, 15) is 4.79 Å². The Kier molecular flexibility index (Phi) is 6.47. The predicted octanol–water partition coefficient (Wildman–Crippen LogP) is 4.70. The third-order valence-electron chi connectivity index (χ3n) is 5.48. The van der Waals surface area contributed by atoms with E-state index in [0.29, 0.717) is 18.7 Å². The second-order valence-corrected chi connectivity index (χ2v) is 8.07. The van der Waals surface area contributed by atoms with Crippen LogP contribution in [0.2, 0.25) is 0 Å². The van der Waals surface area contributed by atoms with Crippen molar-refractivity contribution in [1.82, 2.24) is 9.78 Å². The predicted molar refractivity (Wildman–Crippen MR) is 129 cm³/mol. The summed E-state index contributed by atoms with van der Waals surface area (Å²) in [5, 5.41) is 4.56. The summed E-state index contributed by atoms with van der Waals surface area (Å²) in [5.74, 6) is 0.0392. The van der Waals surface area contributed by atoms with Gasteiger partial charge in [0, 0.05) is 32.2 Å². The highest BCUT2D eigenvalue weighted by molar-refractivity contribution is 5.96. The molecule has 5 heteroatoms. The van der Waals surface area contributed by atoms with Crippen molar-refractivity contribution in [3.63, 3.8) is 0 Å². The highest BCUT2D eigenvalue weighted by Gasteiger charge is 2.16. The molecule has 0 spiro atoms. The van der Waals surface area contributed by atoms with Crippen LogP contribution in [0.5, 0.6) is 0 Å². The molecule has 2 N–H and O–H groups in total. The number of anilines is 1. The zero-order valence-electron chi connectivity index (χ0n) is 18.5. The maximum atomic E-state index is 13.2. The van der Waals surface area contributed by atoms with Crippen molar-refractivity contribution in [1.29, 1.82) is 0 Å². The molecule has 0 bridgehead atoms. The summed E-state index contributed by atoms with van der Waals surface area (Å²) in [5.41, 5.74) is 12.4. The largest absolute Gasteiger partial charge is 0.370 e. The van der Waals surface area contributed by atoms with Crippen LogP contribution in [0.25, 0.3) is 5.69 Å². The molecule has 0 aliphatic heterocycles. The van der Waals surface area contributed by atoms with Crippen LogP contribution in [-0.4, -0.2) is 22.6 Å². The molecule has 5 nitrogen and oxygen atoms in total. The maximum absolute atomic E-state index is 13.2. The van der Waals surface area contributed by atoms with Gasteiger partial charge in [-0.15, -0.1) is 0 Å². The van der Waals surface area contributed by atoms with Crippen LogP contribution in [0.4, 0.5) is 5.69 Å². The number of hydrogen-bond donors (Lipinski definition) is 1. The Bertz CT molecular complexity index is 1210. The van der Waals surface area contributed by atoms with Crippen LogP contribution in [0.3, 0.4) is 0 Å². The molecule has 1 heterocycles. The first-order chi connectivity index (χ1) is 15.5. The topological polar surface area (TPSA) is 64.2 Å². The van der Waals surface area contributed by atoms with Crippen LogP contribution >= 0.6 is 0 Å². The van der Waals surface area contributed by atoms with E-state index in [2.05, 4.69) is 41.3 Å². The average molecular weight is 425 g/mol. The van der Waals surface area contributed by atoms with Gasteiger partial charge < -0.3 is 10.6 Å². The van der Waals surface area contributed by atoms with Crippen LogP contribution in [-0.2, 0) is 19.5 Å². The van der Waals surface area contributed by atoms with E-state index in [4.69, 9.17) is 5.73 Å². The van der Waals surface area contributed by atoms with Gasteiger partial charge >= 0.3 is 0 Å². The fourth-order valence-electron chi connectivity index (χ4n) is 3.87. The second kappa shape index (κ2) is 9.62. The highest BCUT2D eigenvalue weighted by atomic mass is 16.1. The summed E-state index contributed by atoms with van der Waals surface area (Å²) in [7, 11) is 2.07. The standard InChI is InChI=1S/C27H28N4O/c1-20-14-26(31(29-20)25-13-7-9-22(16-25)18-28)27(32)17-21-8-6-10-23(15-21)19-30(2)24-11-4-3-5-12-24/h3-16H,17-19,28H2,1-2H3. The lowest BCUT2D eigenvalue weighted by Gasteiger charge is -2.19. The first kappa shape index (κ1) is 21.5. The van der Waals surface area contributed by atoms with Gasteiger partial charge in [-0.3, -0.25) is 4.79 Å². The molecule has 3 aromatic carbocycles. The van der Waals surface area contributed by atoms with Crippen LogP contribution in [0.1, 0.15) is 32.9 Å². The van der Waals surface area contributed by atoms with Crippen molar-refractivity contribution in [3.05, 3.63) is 113 Å². The number of carbonyl (C=O) groups excluding carboxylic acids is 1. The number of aryl methyl sites for hydroxylation is 1. The number of carbonyl (C=O) groups is 1. The van der Waals surface area contributed by atoms with Gasteiger partial charge in [0.15, 0.2) is 5.78 Å². The van der Waals surface area contributed by atoms with E-state index < -0.39 is 0 Å². The Morgan fingerprint density at radius 2 is 1.62 bits per heavy atom. The fourth-order valence-corrected chi connectivity index (χ4v) is 3.87. The van der Waals surface area contributed by atoms with Crippen LogP contribution in [0, 0.1) is 6.92 Å². The number of nitrogens with two attached hydrogens (primary N) is 1. The minimum absolute atomic E-state index is 0.0392. The van der Waals surface area contributed by atoms with Gasteiger partial charge in [-0.05, 0) is 53.9 Å². The number of rotatable bonds is 8. The number of Topliss-reactive ketones (excluding diaryl/α,β-unsaturated/α-hetero) is 1. The van der Waals surface area contributed by atoms with E-state index in [1.165, 1.54) is 5.56 Å². The molecule has 4 rings (SSSR count). The molecule has 162 valence electrons. The van der Waals surface area contributed by atoms with Crippen LogP contribution < -0.4 is 10.6 Å². The maximum Gasteiger partial charge on any atom is 0.185 e. The summed E-state index contributed by atoms with van der Waals surface area (Å²) in [4.78, 5) is 15.4. The van der Waals surface area contributed by atoms with Crippen molar-refractivity contribution in [2.24, 2.45) is 5.73 Å². The lowest BCUT2D eigenvalue weighted by Crippen LogP contribution is -2.16. The lowest BCUT2D eigenvalue weighted by atomic mass is 10.0. The molecule has 0 aliphatic rings. The molecule has 32 heavy (non-hydrogen) atoms. The summed E-state index contributed by atoms with van der Waals surface area (Å²) in [6, 6.07) is 28.2. The smallest absolute Gasteiger partial charge is 0.185 e. The summed E-state index contributed by atoms with van der Waals surface area (Å²) < 4.78 is 1.73. The molecule has 0 radical (unpaired) electrons. The van der Waals surface area contributed by atoms with Crippen molar-refractivity contribution in [2.45, 2.75) is 26.4 Å². The second-order valence-electron chi connectivity index (χ2n) is 8.07. The molecule has 0 saturated heterocycles. The Balaban J connectivity index is 1.53. The van der Waals surface area contributed by atoms with Crippen molar-refractivity contribution < 1.29 is 4.79 Å². The number of nitrogens with zero attached hydrogens (tertiary/aromatic N) is 3. The summed E-state index contributed by atoms with van der Waals surface area (Å²) in [6.45, 7) is 3.12. The van der Waals surface area contributed by atoms with Crippen molar-refractivity contribution in [3.8, 4) is 5.69 Å². The van der Waals surface area contributed by atoms with Gasteiger partial charge in [0.1, 0.15) is 5.69 Å². The molecule has 1 aromatic heterocycles. The first-order valence-electron chi connectivity index (χ1n) is 10.8. The van der Waals surface area contributed by atoms with Gasteiger partial charge in [-0.1, -0.05) is 54.6 Å². The van der Waals surface area contributed by atoms with Crippen molar-refractivity contribution >= 4 is 11.5 Å². The lowest BCUT2D eigenvalue weighted by molar-refractivity contribution is 0.0985. The molecule has 0 aliphatic carbocycles. The normalized spacial score (nSPS) is 10.8. The van der Waals surface area contributed by atoms with Gasteiger partial charge in [-0.25, -0.2) is 4.68 Å². The quantitative estimate of drug-likeness (QED) is 0.417. The minimum Gasteiger partial charge on any atom is -0.370 e. The molecule has 0 amide bonds. The fraction of sp³-hybridized carbons (Fsp3) is 0.185.